The number of carboxylic acid groups (broad SMARTS) is 1. The summed E-state index contributed by atoms with van der Waals surface area (Å²) in [7, 11) is 0. The summed E-state index contributed by atoms with van der Waals surface area (Å²) >= 11 is 0. The van der Waals surface area contributed by atoms with E-state index in [1.807, 2.05) is 0 Å². The molecule has 1 atom stereocenters. The fourth-order valence-corrected chi connectivity index (χ4v) is 1.69. The van der Waals surface area contributed by atoms with Gasteiger partial charge in [0.05, 0.1) is 5.56 Å². The fraction of sp³-hybridized carbons (Fsp3) is 0.0714. The monoisotopic (exact) mass is 274 g/mol. The van der Waals surface area contributed by atoms with Crippen LogP contribution in [0.2, 0.25) is 0 Å². The van der Waals surface area contributed by atoms with Crippen molar-refractivity contribution in [2.45, 2.75) is 6.04 Å². The highest BCUT2D eigenvalue weighted by atomic mass is 19.1. The maximum absolute atomic E-state index is 13.6. The van der Waals surface area contributed by atoms with Crippen LogP contribution in [0, 0.1) is 5.82 Å². The second-order valence-electron chi connectivity index (χ2n) is 4.01. The van der Waals surface area contributed by atoms with Crippen LogP contribution >= 0.6 is 0 Å². The summed E-state index contributed by atoms with van der Waals surface area (Å²) in [5, 5.41) is 11.4. The number of rotatable bonds is 4. The Hall–Kier alpha value is -2.76. The van der Waals surface area contributed by atoms with Gasteiger partial charge in [-0.05, 0) is 18.2 Å². The van der Waals surface area contributed by atoms with E-state index in [2.05, 4.69) is 10.3 Å². The van der Waals surface area contributed by atoms with Gasteiger partial charge in [0, 0.05) is 18.0 Å². The molecule has 0 radical (unpaired) electrons. The maximum atomic E-state index is 13.6. The molecule has 1 aromatic carbocycles. The van der Waals surface area contributed by atoms with Crippen molar-refractivity contribution < 1.29 is 19.1 Å². The lowest BCUT2D eigenvalue weighted by Crippen LogP contribution is -2.34. The van der Waals surface area contributed by atoms with E-state index in [9.17, 15) is 14.0 Å². The van der Waals surface area contributed by atoms with Crippen molar-refractivity contribution in [3.8, 4) is 0 Å². The van der Waals surface area contributed by atoms with Crippen LogP contribution in [0.1, 0.15) is 22.0 Å². The number of amides is 1. The number of nitrogens with one attached hydrogen (secondary N) is 1. The number of nitrogens with zero attached hydrogens (tertiary/aromatic N) is 1. The van der Waals surface area contributed by atoms with Crippen molar-refractivity contribution in [1.82, 2.24) is 10.3 Å². The first-order valence-corrected chi connectivity index (χ1v) is 5.77. The minimum Gasteiger partial charge on any atom is -0.479 e. The molecule has 1 aromatic heterocycles. The summed E-state index contributed by atoms with van der Waals surface area (Å²) in [4.78, 5) is 26.9. The van der Waals surface area contributed by atoms with Crippen LogP contribution in [0.3, 0.4) is 0 Å². The molecule has 102 valence electrons. The van der Waals surface area contributed by atoms with E-state index in [-0.39, 0.29) is 11.1 Å². The lowest BCUT2D eigenvalue weighted by molar-refractivity contribution is -0.139. The summed E-state index contributed by atoms with van der Waals surface area (Å²) in [5.41, 5.74) is 0.104. The Labute approximate surface area is 114 Å². The van der Waals surface area contributed by atoms with Gasteiger partial charge in [0.2, 0.25) is 0 Å². The summed E-state index contributed by atoms with van der Waals surface area (Å²) in [5.74, 6) is -2.66. The Kier molecular flexibility index (Phi) is 4.05. The van der Waals surface area contributed by atoms with Gasteiger partial charge in [-0.15, -0.1) is 0 Å². The second kappa shape index (κ2) is 5.92. The molecule has 0 saturated heterocycles. The number of carbonyl (C=O) groups is 2. The average molecular weight is 274 g/mol. The van der Waals surface area contributed by atoms with Gasteiger partial charge >= 0.3 is 5.97 Å². The Morgan fingerprint density at radius 1 is 1.20 bits per heavy atom. The summed E-state index contributed by atoms with van der Waals surface area (Å²) < 4.78 is 13.6. The van der Waals surface area contributed by atoms with E-state index >= 15 is 0 Å². The summed E-state index contributed by atoms with van der Waals surface area (Å²) in [6.45, 7) is 0. The highest BCUT2D eigenvalue weighted by Crippen LogP contribution is 2.17. The first kappa shape index (κ1) is 13.7. The second-order valence-corrected chi connectivity index (χ2v) is 4.01. The summed E-state index contributed by atoms with van der Waals surface area (Å²) in [6, 6.07) is 6.99. The minimum absolute atomic E-state index is 0.0998. The van der Waals surface area contributed by atoms with Gasteiger partial charge in [-0.2, -0.15) is 0 Å². The topological polar surface area (TPSA) is 79.3 Å². The van der Waals surface area contributed by atoms with Gasteiger partial charge in [-0.3, -0.25) is 9.78 Å². The van der Waals surface area contributed by atoms with Crippen molar-refractivity contribution in [3.63, 3.8) is 0 Å². The zero-order chi connectivity index (χ0) is 14.5. The molecule has 0 unspecified atom stereocenters. The van der Waals surface area contributed by atoms with Crippen molar-refractivity contribution in [2.24, 2.45) is 0 Å². The first-order valence-electron chi connectivity index (χ1n) is 5.77. The molecule has 2 rings (SSSR count). The van der Waals surface area contributed by atoms with Crippen molar-refractivity contribution >= 4 is 11.9 Å². The van der Waals surface area contributed by atoms with Gasteiger partial charge in [-0.25, -0.2) is 9.18 Å². The number of pyridine rings is 1. The van der Waals surface area contributed by atoms with Gasteiger partial charge in [0.1, 0.15) is 5.82 Å². The smallest absolute Gasteiger partial charge is 0.331 e. The third-order valence-electron chi connectivity index (χ3n) is 2.66. The molecular weight excluding hydrogens is 263 g/mol. The van der Waals surface area contributed by atoms with E-state index in [1.165, 1.54) is 36.7 Å². The van der Waals surface area contributed by atoms with Crippen LogP contribution in [0.4, 0.5) is 4.39 Å². The van der Waals surface area contributed by atoms with Crippen molar-refractivity contribution in [1.29, 1.82) is 0 Å². The van der Waals surface area contributed by atoms with Gasteiger partial charge in [0.15, 0.2) is 6.04 Å². The predicted octanol–water partition coefficient (Wildman–Crippen LogP) is 1.78. The molecule has 20 heavy (non-hydrogen) atoms. The standard InChI is InChI=1S/C14H11FN2O3/c15-11-6-2-1-5-10(11)12(14(19)20)17-13(18)9-4-3-7-16-8-9/h1-8,12H,(H,17,18)(H,19,20)/t12-/m1/s1. The number of benzene rings is 1. The van der Waals surface area contributed by atoms with E-state index < -0.39 is 23.7 Å². The molecule has 0 spiro atoms. The van der Waals surface area contributed by atoms with Gasteiger partial charge < -0.3 is 10.4 Å². The largest absolute Gasteiger partial charge is 0.479 e. The van der Waals surface area contributed by atoms with E-state index in [0.717, 1.165) is 6.07 Å². The lowest BCUT2D eigenvalue weighted by atomic mass is 10.1. The highest BCUT2D eigenvalue weighted by molar-refractivity contribution is 5.96. The zero-order valence-electron chi connectivity index (χ0n) is 10.3. The fourth-order valence-electron chi connectivity index (χ4n) is 1.69. The Morgan fingerprint density at radius 2 is 1.95 bits per heavy atom. The summed E-state index contributed by atoms with van der Waals surface area (Å²) in [6.07, 6.45) is 2.79. The molecule has 0 bridgehead atoms. The molecule has 0 fully saturated rings. The molecule has 2 N–H and O–H groups in total. The van der Waals surface area contributed by atoms with Crippen LogP contribution in [0.25, 0.3) is 0 Å². The molecule has 1 amide bonds. The zero-order valence-corrected chi connectivity index (χ0v) is 10.3. The molecule has 0 aliphatic rings. The number of aliphatic carboxylic acids is 1. The van der Waals surface area contributed by atoms with E-state index in [0.29, 0.717) is 0 Å². The Balaban J connectivity index is 2.26. The third-order valence-corrected chi connectivity index (χ3v) is 2.66. The SMILES string of the molecule is O=C(N[C@@H](C(=O)O)c1ccccc1F)c1cccnc1. The number of carboxylic acids is 1. The van der Waals surface area contributed by atoms with E-state index in [4.69, 9.17) is 5.11 Å². The van der Waals surface area contributed by atoms with Crippen LogP contribution in [-0.2, 0) is 4.79 Å². The number of halogens is 1. The minimum atomic E-state index is -1.45. The van der Waals surface area contributed by atoms with Crippen molar-refractivity contribution in [3.05, 3.63) is 65.7 Å². The highest BCUT2D eigenvalue weighted by Gasteiger charge is 2.25. The molecule has 6 heteroatoms. The molecular formula is C14H11FN2O3. The molecule has 0 aliphatic heterocycles. The van der Waals surface area contributed by atoms with Gasteiger partial charge in [0.25, 0.3) is 5.91 Å². The predicted molar refractivity (Wildman–Crippen MR) is 68.5 cm³/mol. The number of aromatic nitrogens is 1. The van der Waals surface area contributed by atoms with Crippen LogP contribution in [-0.4, -0.2) is 22.0 Å². The van der Waals surface area contributed by atoms with Gasteiger partial charge in [-0.1, -0.05) is 18.2 Å². The third kappa shape index (κ3) is 2.97. The normalized spacial score (nSPS) is 11.7. The van der Waals surface area contributed by atoms with E-state index in [1.54, 1.807) is 6.07 Å². The van der Waals surface area contributed by atoms with Crippen LogP contribution in [0.5, 0.6) is 0 Å². The maximum Gasteiger partial charge on any atom is 0.331 e. The molecule has 1 heterocycles. The average Bonchev–Trinajstić information content (AvgIpc) is 2.46. The van der Waals surface area contributed by atoms with Crippen LogP contribution < -0.4 is 5.32 Å². The first-order chi connectivity index (χ1) is 9.59. The van der Waals surface area contributed by atoms with Crippen LogP contribution in [0.15, 0.2) is 48.8 Å². The molecule has 5 nitrogen and oxygen atoms in total. The Bertz CT molecular complexity index is 631. The lowest BCUT2D eigenvalue weighted by Gasteiger charge is -2.15. The number of carbonyl (C=O) groups excluding carboxylic acids is 1. The molecule has 0 aliphatic carbocycles. The number of hydrogen-bond acceptors (Lipinski definition) is 3. The van der Waals surface area contributed by atoms with Crippen molar-refractivity contribution in [2.75, 3.05) is 0 Å². The Morgan fingerprint density at radius 3 is 2.55 bits per heavy atom. The molecule has 0 saturated carbocycles. The molecule has 2 aromatic rings. The number of hydrogen-bond donors (Lipinski definition) is 2. The quantitative estimate of drug-likeness (QED) is 0.890.